The smallest absolute Gasteiger partial charge is 0.254 e. The molecule has 0 unspecified atom stereocenters. The number of nitrogens with one attached hydrogen (secondary N) is 2. The van der Waals surface area contributed by atoms with E-state index in [1.54, 1.807) is 6.07 Å². The van der Waals surface area contributed by atoms with Gasteiger partial charge in [0.25, 0.3) is 5.91 Å². The lowest BCUT2D eigenvalue weighted by molar-refractivity contribution is 0.0949. The van der Waals surface area contributed by atoms with Gasteiger partial charge in [0.1, 0.15) is 5.82 Å². The molecule has 0 aliphatic heterocycles. The maximum Gasteiger partial charge on any atom is 0.254 e. The highest BCUT2D eigenvalue weighted by Crippen LogP contribution is 2.27. The van der Waals surface area contributed by atoms with Crippen LogP contribution in [-0.2, 0) is 6.42 Å². The number of fused-ring (bicyclic) bond motifs is 1. The molecule has 6 heteroatoms. The van der Waals surface area contributed by atoms with Gasteiger partial charge in [0.15, 0.2) is 11.6 Å². The van der Waals surface area contributed by atoms with Gasteiger partial charge in [0.05, 0.1) is 11.1 Å². The number of halogens is 3. The Balaban J connectivity index is 1.78. The molecular weight excluding hydrogens is 329 g/mol. The minimum Gasteiger partial charge on any atom is -0.356 e. The van der Waals surface area contributed by atoms with E-state index in [0.717, 1.165) is 28.3 Å². The van der Waals surface area contributed by atoms with E-state index in [1.165, 1.54) is 18.2 Å². The van der Waals surface area contributed by atoms with E-state index in [-0.39, 0.29) is 17.9 Å². The van der Waals surface area contributed by atoms with Crippen LogP contribution in [0.15, 0.2) is 30.3 Å². The molecule has 1 heterocycles. The first-order valence-corrected chi connectivity index (χ1v) is 7.88. The van der Waals surface area contributed by atoms with Crippen molar-refractivity contribution >= 4 is 16.8 Å². The predicted octanol–water partition coefficient (Wildman–Crippen LogP) is 4.17. The van der Waals surface area contributed by atoms with E-state index < -0.39 is 17.5 Å². The highest BCUT2D eigenvalue weighted by Gasteiger charge is 2.16. The van der Waals surface area contributed by atoms with Crippen molar-refractivity contribution in [2.45, 2.75) is 20.3 Å². The SMILES string of the molecule is Cc1[nH]c2c(F)ccc(C)c2c1CCNC(=O)c1cccc(F)c1F. The molecule has 2 aromatic carbocycles. The van der Waals surface area contributed by atoms with Crippen molar-refractivity contribution in [3.63, 3.8) is 0 Å². The molecule has 3 rings (SSSR count). The zero-order valence-corrected chi connectivity index (χ0v) is 13.8. The molecule has 3 nitrogen and oxygen atoms in total. The Labute approximate surface area is 142 Å². The Morgan fingerprint density at radius 1 is 1.08 bits per heavy atom. The Hall–Kier alpha value is -2.76. The average Bonchev–Trinajstić information content (AvgIpc) is 2.91. The Morgan fingerprint density at radius 3 is 2.60 bits per heavy atom. The lowest BCUT2D eigenvalue weighted by Crippen LogP contribution is -2.27. The van der Waals surface area contributed by atoms with Crippen LogP contribution in [0.1, 0.15) is 27.2 Å². The van der Waals surface area contributed by atoms with Crippen LogP contribution in [0.2, 0.25) is 0 Å². The maximum absolute atomic E-state index is 13.9. The third-order valence-corrected chi connectivity index (χ3v) is 4.29. The lowest BCUT2D eigenvalue weighted by Gasteiger charge is -2.08. The second kappa shape index (κ2) is 6.63. The molecule has 25 heavy (non-hydrogen) atoms. The molecular formula is C19H17F3N2O. The summed E-state index contributed by atoms with van der Waals surface area (Å²) >= 11 is 0. The van der Waals surface area contributed by atoms with Gasteiger partial charge < -0.3 is 10.3 Å². The zero-order chi connectivity index (χ0) is 18.1. The molecule has 1 amide bonds. The van der Waals surface area contributed by atoms with Crippen molar-refractivity contribution in [3.05, 3.63) is 70.2 Å². The number of aromatic amines is 1. The molecule has 0 radical (unpaired) electrons. The lowest BCUT2D eigenvalue weighted by atomic mass is 10.0. The third-order valence-electron chi connectivity index (χ3n) is 4.29. The standard InChI is InChI=1S/C19H17F3N2O/c1-10-6-7-15(21)18-16(10)12(11(2)24-18)8-9-23-19(25)13-4-3-5-14(20)17(13)22/h3-7,24H,8-9H2,1-2H3,(H,23,25). The van der Waals surface area contributed by atoms with Crippen molar-refractivity contribution in [3.8, 4) is 0 Å². The monoisotopic (exact) mass is 346 g/mol. The van der Waals surface area contributed by atoms with Gasteiger partial charge in [-0.05, 0) is 49.6 Å². The van der Waals surface area contributed by atoms with Crippen LogP contribution in [0.5, 0.6) is 0 Å². The maximum atomic E-state index is 13.9. The Morgan fingerprint density at radius 2 is 1.84 bits per heavy atom. The molecule has 0 saturated carbocycles. The predicted molar refractivity (Wildman–Crippen MR) is 90.1 cm³/mol. The summed E-state index contributed by atoms with van der Waals surface area (Å²) in [7, 11) is 0. The van der Waals surface area contributed by atoms with Gasteiger partial charge in [-0.15, -0.1) is 0 Å². The molecule has 0 atom stereocenters. The molecule has 2 N–H and O–H groups in total. The molecule has 0 saturated heterocycles. The van der Waals surface area contributed by atoms with Crippen molar-refractivity contribution in [2.75, 3.05) is 6.54 Å². The Kier molecular flexibility index (Phi) is 4.53. The van der Waals surface area contributed by atoms with Crippen molar-refractivity contribution in [2.24, 2.45) is 0 Å². The fourth-order valence-electron chi connectivity index (χ4n) is 3.03. The van der Waals surface area contributed by atoms with Gasteiger partial charge in [0, 0.05) is 17.6 Å². The molecule has 3 aromatic rings. The number of H-pyrrole nitrogens is 1. The first kappa shape index (κ1) is 17.1. The number of carbonyl (C=O) groups excluding carboxylic acids is 1. The molecule has 0 aliphatic rings. The molecule has 130 valence electrons. The quantitative estimate of drug-likeness (QED) is 0.731. The third kappa shape index (κ3) is 3.12. The highest BCUT2D eigenvalue weighted by atomic mass is 19.2. The number of hydrogen-bond acceptors (Lipinski definition) is 1. The number of aryl methyl sites for hydroxylation is 2. The van der Waals surface area contributed by atoms with Crippen LogP contribution in [-0.4, -0.2) is 17.4 Å². The normalized spacial score (nSPS) is 11.1. The summed E-state index contributed by atoms with van der Waals surface area (Å²) in [6, 6.07) is 6.58. The van der Waals surface area contributed by atoms with Crippen molar-refractivity contribution in [1.82, 2.24) is 10.3 Å². The number of carbonyl (C=O) groups is 1. The summed E-state index contributed by atoms with van der Waals surface area (Å²) in [5.74, 6) is -3.24. The van der Waals surface area contributed by atoms with Crippen LogP contribution in [0.4, 0.5) is 13.2 Å². The molecule has 1 aromatic heterocycles. The topological polar surface area (TPSA) is 44.9 Å². The minimum atomic E-state index is -1.17. The average molecular weight is 346 g/mol. The van der Waals surface area contributed by atoms with Gasteiger partial charge in [-0.3, -0.25) is 4.79 Å². The zero-order valence-electron chi connectivity index (χ0n) is 13.8. The molecule has 0 spiro atoms. The summed E-state index contributed by atoms with van der Waals surface area (Å²) in [5, 5.41) is 3.37. The fourth-order valence-corrected chi connectivity index (χ4v) is 3.03. The van der Waals surface area contributed by atoms with Crippen LogP contribution in [0.25, 0.3) is 10.9 Å². The van der Waals surface area contributed by atoms with E-state index in [2.05, 4.69) is 10.3 Å². The van der Waals surface area contributed by atoms with Gasteiger partial charge in [-0.25, -0.2) is 13.2 Å². The summed E-state index contributed by atoms with van der Waals surface area (Å²) in [5.41, 5.74) is 2.74. The van der Waals surface area contributed by atoms with Crippen LogP contribution in [0.3, 0.4) is 0 Å². The minimum absolute atomic E-state index is 0.221. The van der Waals surface area contributed by atoms with E-state index in [1.807, 2.05) is 13.8 Å². The molecule has 0 aliphatic carbocycles. The Bertz CT molecular complexity index is 963. The van der Waals surface area contributed by atoms with E-state index in [9.17, 15) is 18.0 Å². The second-order valence-electron chi connectivity index (χ2n) is 5.95. The first-order chi connectivity index (χ1) is 11.9. The number of benzene rings is 2. The number of aromatic nitrogens is 1. The van der Waals surface area contributed by atoms with Crippen molar-refractivity contribution < 1.29 is 18.0 Å². The van der Waals surface area contributed by atoms with Crippen molar-refractivity contribution in [1.29, 1.82) is 0 Å². The first-order valence-electron chi connectivity index (χ1n) is 7.88. The van der Waals surface area contributed by atoms with Gasteiger partial charge in [-0.1, -0.05) is 12.1 Å². The number of hydrogen-bond donors (Lipinski definition) is 2. The second-order valence-corrected chi connectivity index (χ2v) is 5.95. The van der Waals surface area contributed by atoms with E-state index in [4.69, 9.17) is 0 Å². The van der Waals surface area contributed by atoms with E-state index in [0.29, 0.717) is 11.9 Å². The van der Waals surface area contributed by atoms with Crippen LogP contribution in [0, 0.1) is 31.3 Å². The summed E-state index contributed by atoms with van der Waals surface area (Å²) in [6.07, 6.45) is 0.443. The molecule has 0 fully saturated rings. The number of rotatable bonds is 4. The summed E-state index contributed by atoms with van der Waals surface area (Å²) in [4.78, 5) is 15.1. The van der Waals surface area contributed by atoms with Crippen LogP contribution < -0.4 is 5.32 Å². The van der Waals surface area contributed by atoms with Gasteiger partial charge in [0.2, 0.25) is 0 Å². The molecule has 0 bridgehead atoms. The summed E-state index contributed by atoms with van der Waals surface area (Å²) in [6.45, 7) is 3.94. The number of amides is 1. The fraction of sp³-hybridized carbons (Fsp3) is 0.211. The van der Waals surface area contributed by atoms with E-state index >= 15 is 0 Å². The van der Waals surface area contributed by atoms with Crippen LogP contribution >= 0.6 is 0 Å². The highest BCUT2D eigenvalue weighted by molar-refractivity contribution is 5.94. The largest absolute Gasteiger partial charge is 0.356 e. The van der Waals surface area contributed by atoms with Gasteiger partial charge in [-0.2, -0.15) is 0 Å². The van der Waals surface area contributed by atoms with Gasteiger partial charge >= 0.3 is 0 Å². The summed E-state index contributed by atoms with van der Waals surface area (Å²) < 4.78 is 40.8.